The predicted molar refractivity (Wildman–Crippen MR) is 128 cm³/mol. The molecule has 6 rings (SSSR count). The molecule has 1 aliphatic carbocycles. The van der Waals surface area contributed by atoms with Crippen molar-refractivity contribution in [2.24, 2.45) is 0 Å². The average molecular weight is 526 g/mol. The number of nitrogens with zero attached hydrogens (tertiary/aromatic N) is 6. The molecule has 1 aromatic carbocycles. The van der Waals surface area contributed by atoms with Crippen LogP contribution in [-0.4, -0.2) is 42.7 Å². The lowest BCUT2D eigenvalue weighted by molar-refractivity contribution is -0.274. The Hall–Kier alpha value is -3.93. The Labute approximate surface area is 214 Å². The molecule has 0 N–H and O–H groups in total. The molecule has 0 saturated heterocycles. The average Bonchev–Trinajstić information content (AvgIpc) is 3.60. The van der Waals surface area contributed by atoms with Crippen molar-refractivity contribution in [3.8, 4) is 17.0 Å². The molecule has 4 heterocycles. The number of fused-ring (bicyclic) bond motifs is 1. The second kappa shape index (κ2) is 9.12. The highest BCUT2D eigenvalue weighted by Crippen LogP contribution is 2.37. The third kappa shape index (κ3) is 4.83. The molecule has 0 bridgehead atoms. The summed E-state index contributed by atoms with van der Waals surface area (Å²) in [6.07, 6.45) is 3.12. The van der Waals surface area contributed by atoms with E-state index >= 15 is 4.39 Å². The molecule has 196 valence electrons. The van der Waals surface area contributed by atoms with Crippen molar-refractivity contribution < 1.29 is 27.0 Å². The second-order valence-corrected chi connectivity index (χ2v) is 9.37. The van der Waals surface area contributed by atoms with Crippen LogP contribution in [0.4, 0.5) is 17.6 Å². The monoisotopic (exact) mass is 526 g/mol. The van der Waals surface area contributed by atoms with Crippen LogP contribution < -0.4 is 4.74 Å². The Morgan fingerprint density at radius 3 is 2.58 bits per heavy atom. The van der Waals surface area contributed by atoms with Gasteiger partial charge in [0.1, 0.15) is 28.9 Å². The summed E-state index contributed by atoms with van der Waals surface area (Å²) >= 11 is 0. The van der Waals surface area contributed by atoms with Crippen LogP contribution in [-0.2, 0) is 4.74 Å². The van der Waals surface area contributed by atoms with E-state index in [0.717, 1.165) is 30.0 Å². The fourth-order valence-electron chi connectivity index (χ4n) is 4.36. The molecule has 12 heteroatoms. The van der Waals surface area contributed by atoms with Crippen molar-refractivity contribution in [1.82, 2.24) is 29.7 Å². The van der Waals surface area contributed by atoms with Gasteiger partial charge in [-0.1, -0.05) is 0 Å². The Balaban J connectivity index is 1.44. The number of rotatable bonds is 5. The van der Waals surface area contributed by atoms with Crippen LogP contribution in [0.1, 0.15) is 54.2 Å². The summed E-state index contributed by atoms with van der Waals surface area (Å²) in [5.41, 5.74) is 3.53. The topological polar surface area (TPSA) is 87.8 Å². The minimum absolute atomic E-state index is 0.0411. The Bertz CT molecular complexity index is 1580. The van der Waals surface area contributed by atoms with Crippen LogP contribution in [0.3, 0.4) is 0 Å². The molecule has 2 aliphatic rings. The third-order valence-corrected chi connectivity index (χ3v) is 6.55. The van der Waals surface area contributed by atoms with Crippen molar-refractivity contribution in [2.75, 3.05) is 6.61 Å². The van der Waals surface area contributed by atoms with Crippen molar-refractivity contribution in [3.05, 3.63) is 65.3 Å². The number of hydrogen-bond donors (Lipinski definition) is 0. The van der Waals surface area contributed by atoms with Gasteiger partial charge in [0.25, 0.3) is 0 Å². The molecular formula is C26H22F4N6O2. The Morgan fingerprint density at radius 1 is 1.05 bits per heavy atom. The van der Waals surface area contributed by atoms with Gasteiger partial charge < -0.3 is 9.47 Å². The Kier molecular flexibility index (Phi) is 5.86. The van der Waals surface area contributed by atoms with E-state index < -0.39 is 17.9 Å². The van der Waals surface area contributed by atoms with Gasteiger partial charge in [0, 0.05) is 23.4 Å². The van der Waals surface area contributed by atoms with Crippen LogP contribution in [0.5, 0.6) is 5.75 Å². The first-order chi connectivity index (χ1) is 18.1. The predicted octanol–water partition coefficient (Wildman–Crippen LogP) is 5.82. The van der Waals surface area contributed by atoms with E-state index in [1.165, 1.54) is 6.07 Å². The van der Waals surface area contributed by atoms with Gasteiger partial charge in [-0.15, -0.1) is 13.2 Å². The molecule has 1 atom stereocenters. The summed E-state index contributed by atoms with van der Waals surface area (Å²) in [6.45, 7) is 3.95. The lowest BCUT2D eigenvalue weighted by Gasteiger charge is -2.21. The molecular weight excluding hydrogens is 504 g/mol. The summed E-state index contributed by atoms with van der Waals surface area (Å²) in [6, 6.07) is 3.34. The first kappa shape index (κ1) is 24.4. The normalized spacial score (nSPS) is 18.1. The highest BCUT2D eigenvalue weighted by atomic mass is 19.4. The number of hydrogen-bond acceptors (Lipinski definition) is 7. The van der Waals surface area contributed by atoms with Gasteiger partial charge in [-0.25, -0.2) is 24.3 Å². The maximum Gasteiger partial charge on any atom is 0.573 e. The van der Waals surface area contributed by atoms with E-state index in [0.29, 0.717) is 42.3 Å². The lowest BCUT2D eigenvalue weighted by atomic mass is 10.0. The van der Waals surface area contributed by atoms with Crippen LogP contribution in [0.15, 0.2) is 36.7 Å². The van der Waals surface area contributed by atoms with Crippen molar-refractivity contribution in [1.29, 1.82) is 0 Å². The Morgan fingerprint density at radius 2 is 1.84 bits per heavy atom. The van der Waals surface area contributed by atoms with E-state index in [2.05, 4.69) is 29.8 Å². The van der Waals surface area contributed by atoms with E-state index in [4.69, 9.17) is 4.74 Å². The van der Waals surface area contributed by atoms with Crippen LogP contribution in [0.2, 0.25) is 0 Å². The smallest absolute Gasteiger partial charge is 0.406 e. The molecule has 1 fully saturated rings. The standard InChI is InChI=1S/C26H22F4N6O2/c1-13-14(2)33-25-23(32-13)22(19-6-5-18(10-20(19)27)38-26(28,29)30)34-24(35-25)15-7-8-37-21(9-15)16-11-31-36(12-16)17-3-4-17/h5-6,9-12,17,21H,3-4,7-8H2,1-2H3/t21-/m1/s1. The molecule has 0 amide bonds. The van der Waals surface area contributed by atoms with Gasteiger partial charge in [-0.3, -0.25) is 4.68 Å². The lowest BCUT2D eigenvalue weighted by Crippen LogP contribution is -2.17. The maximum atomic E-state index is 15.1. The van der Waals surface area contributed by atoms with Crippen molar-refractivity contribution >= 4 is 16.7 Å². The van der Waals surface area contributed by atoms with Crippen LogP contribution >= 0.6 is 0 Å². The third-order valence-electron chi connectivity index (χ3n) is 6.55. The fourth-order valence-corrected chi connectivity index (χ4v) is 4.36. The molecule has 4 aromatic rings. The summed E-state index contributed by atoms with van der Waals surface area (Å²) in [7, 11) is 0. The number of benzene rings is 1. The second-order valence-electron chi connectivity index (χ2n) is 9.37. The molecule has 0 spiro atoms. The van der Waals surface area contributed by atoms with E-state index in [1.807, 2.05) is 17.0 Å². The molecule has 3 aromatic heterocycles. The minimum atomic E-state index is -4.94. The largest absolute Gasteiger partial charge is 0.573 e. The van der Waals surface area contributed by atoms with Crippen molar-refractivity contribution in [2.45, 2.75) is 51.6 Å². The van der Waals surface area contributed by atoms with E-state index in [9.17, 15) is 13.2 Å². The van der Waals surface area contributed by atoms with Crippen molar-refractivity contribution in [3.63, 3.8) is 0 Å². The number of alkyl halides is 3. The highest BCUT2D eigenvalue weighted by Gasteiger charge is 2.32. The minimum Gasteiger partial charge on any atom is -0.406 e. The van der Waals surface area contributed by atoms with Gasteiger partial charge in [-0.2, -0.15) is 5.10 Å². The molecule has 0 unspecified atom stereocenters. The fraction of sp³-hybridized carbons (Fsp3) is 0.346. The zero-order valence-electron chi connectivity index (χ0n) is 20.5. The zero-order chi connectivity index (χ0) is 26.6. The summed E-state index contributed by atoms with van der Waals surface area (Å²) < 4.78 is 64.8. The molecule has 38 heavy (non-hydrogen) atoms. The van der Waals surface area contributed by atoms with Gasteiger partial charge in [0.15, 0.2) is 11.5 Å². The summed E-state index contributed by atoms with van der Waals surface area (Å²) in [4.78, 5) is 18.3. The van der Waals surface area contributed by atoms with Crippen LogP contribution in [0, 0.1) is 19.7 Å². The van der Waals surface area contributed by atoms with Gasteiger partial charge in [0.05, 0.1) is 30.2 Å². The summed E-state index contributed by atoms with van der Waals surface area (Å²) in [5, 5.41) is 4.44. The molecule has 1 aliphatic heterocycles. The maximum absolute atomic E-state index is 15.1. The molecule has 1 saturated carbocycles. The number of halogens is 4. The number of aryl methyl sites for hydroxylation is 2. The van der Waals surface area contributed by atoms with Gasteiger partial charge in [-0.05, 0) is 56.9 Å². The first-order valence-corrected chi connectivity index (χ1v) is 12.1. The molecule has 8 nitrogen and oxygen atoms in total. The van der Waals surface area contributed by atoms with E-state index in [-0.39, 0.29) is 28.5 Å². The number of ether oxygens (including phenoxy) is 2. The van der Waals surface area contributed by atoms with Gasteiger partial charge >= 0.3 is 6.36 Å². The van der Waals surface area contributed by atoms with Crippen LogP contribution in [0.25, 0.3) is 28.0 Å². The molecule has 0 radical (unpaired) electrons. The highest BCUT2D eigenvalue weighted by molar-refractivity contribution is 5.88. The SMILES string of the molecule is Cc1nc2nc(C3=C[C@H](c4cnn(C5CC5)c4)OCC3)nc(-c3ccc(OC(F)(F)F)cc3F)c2nc1C. The van der Waals surface area contributed by atoms with Gasteiger partial charge in [0.2, 0.25) is 0 Å². The zero-order valence-corrected chi connectivity index (χ0v) is 20.5. The first-order valence-electron chi connectivity index (χ1n) is 12.1. The van der Waals surface area contributed by atoms with E-state index in [1.54, 1.807) is 20.0 Å². The number of aromatic nitrogens is 6. The quantitative estimate of drug-likeness (QED) is 0.303. The summed E-state index contributed by atoms with van der Waals surface area (Å²) in [5.74, 6) is -1.29.